The molecule has 6 aliphatic heterocycles. The molecule has 0 radical (unpaired) electrons. The number of nitrogens with one attached hydrogen (secondary N) is 2. The molecule has 3 aliphatic carbocycles. The Morgan fingerprint density at radius 1 is 0.527 bits per heavy atom. The number of hydrogen-bond donors (Lipinski definition) is 2. The number of likely N-dealkylation sites (tertiary alicyclic amines) is 6. The van der Waals surface area contributed by atoms with Gasteiger partial charge in [0.1, 0.15) is 0 Å². The number of carbonyl (C=O) groups excluding carboxylic acids is 6. The van der Waals surface area contributed by atoms with Gasteiger partial charge in [0.05, 0.1) is 30.0 Å². The van der Waals surface area contributed by atoms with Crippen LogP contribution in [0.25, 0.3) is 0 Å². The number of imide groups is 1. The molecule has 6 heterocycles. The van der Waals surface area contributed by atoms with Gasteiger partial charge in [0.15, 0.2) is 0 Å². The van der Waals surface area contributed by atoms with Crippen molar-refractivity contribution in [3.63, 3.8) is 0 Å². The minimum absolute atomic E-state index is 0. The SMILES string of the molecule is CC(=O)N1CCCC(C(=O)N[C@@H]2CCC3(CCN(CCC(C)(C)C)CC3)c3ccccc32)C1.CC(C)CCN1CCC2(CC[C@H](N3C(=O)CCC3=O)c3ccccc32)CC1.CN1CC(C(=O)N[C@H]2CCC3(CCN(CCC(C)(C)C)CC3)c3ccccc32)CC1=O.[HH].[HH]. The van der Waals surface area contributed by atoms with Crippen LogP contribution in [-0.2, 0) is 45.0 Å². The summed E-state index contributed by atoms with van der Waals surface area (Å²) in [5, 5.41) is 6.68. The van der Waals surface area contributed by atoms with Crippen molar-refractivity contribution >= 4 is 35.4 Å². The Labute approximate surface area is 550 Å². The molecule has 9 aliphatic rings. The molecule has 91 heavy (non-hydrogen) atoms. The van der Waals surface area contributed by atoms with Crippen LogP contribution in [0.5, 0.6) is 0 Å². The van der Waals surface area contributed by atoms with Crippen LogP contribution in [-0.4, -0.2) is 150 Å². The van der Waals surface area contributed by atoms with Crippen LogP contribution in [0.1, 0.15) is 245 Å². The number of benzene rings is 3. The maximum atomic E-state index is 13.2. The summed E-state index contributed by atoms with van der Waals surface area (Å²) < 4.78 is 0. The quantitative estimate of drug-likeness (QED) is 0.169. The molecule has 3 spiro atoms. The van der Waals surface area contributed by atoms with Gasteiger partial charge in [0, 0.05) is 55.7 Å². The Hall–Kier alpha value is -5.44. The predicted molar refractivity (Wildman–Crippen MR) is 367 cm³/mol. The van der Waals surface area contributed by atoms with Gasteiger partial charge in [-0.15, -0.1) is 0 Å². The van der Waals surface area contributed by atoms with Crippen LogP contribution in [0, 0.1) is 28.6 Å². The van der Waals surface area contributed by atoms with Crippen molar-refractivity contribution in [1.29, 1.82) is 0 Å². The number of rotatable bonds is 12. The fourth-order valence-corrected chi connectivity index (χ4v) is 17.2. The molecule has 2 unspecified atom stereocenters. The average Bonchev–Trinajstić information content (AvgIpc) is 1.48. The number of amides is 6. The highest BCUT2D eigenvalue weighted by molar-refractivity contribution is 6.02. The van der Waals surface area contributed by atoms with E-state index < -0.39 is 0 Å². The molecule has 3 aromatic rings. The van der Waals surface area contributed by atoms with Crippen molar-refractivity contribution in [1.82, 2.24) is 40.0 Å². The molecule has 0 saturated carbocycles. The second-order valence-corrected chi connectivity index (χ2v) is 32.3. The fraction of sp³-hybridized carbons (Fsp3) is 0.688. The molecule has 3 aromatic carbocycles. The normalized spacial score (nSPS) is 25.7. The third kappa shape index (κ3) is 16.4. The summed E-state index contributed by atoms with van der Waals surface area (Å²) in [5.41, 5.74) is 9.66. The fourth-order valence-electron chi connectivity index (χ4n) is 17.2. The molecular formula is C77H118N8O6. The van der Waals surface area contributed by atoms with Gasteiger partial charge in [0.25, 0.3) is 0 Å². The van der Waals surface area contributed by atoms with Crippen molar-refractivity contribution in [2.75, 3.05) is 85.6 Å². The van der Waals surface area contributed by atoms with E-state index in [1.807, 2.05) is 4.90 Å². The van der Waals surface area contributed by atoms with Crippen molar-refractivity contribution in [2.45, 2.75) is 225 Å². The topological polar surface area (TPSA) is 146 Å². The molecule has 14 nitrogen and oxygen atoms in total. The molecule has 0 bridgehead atoms. The van der Waals surface area contributed by atoms with E-state index in [1.165, 1.54) is 124 Å². The van der Waals surface area contributed by atoms with E-state index in [1.54, 1.807) is 23.8 Å². The second-order valence-electron chi connectivity index (χ2n) is 32.3. The van der Waals surface area contributed by atoms with Gasteiger partial charge >= 0.3 is 0 Å². The first-order valence-corrected chi connectivity index (χ1v) is 35.7. The van der Waals surface area contributed by atoms with Crippen molar-refractivity contribution in [3.05, 3.63) is 106 Å². The van der Waals surface area contributed by atoms with Crippen molar-refractivity contribution in [3.8, 4) is 0 Å². The lowest BCUT2D eigenvalue weighted by Crippen LogP contribution is -2.48. The number of hydrogen-bond acceptors (Lipinski definition) is 9. The third-order valence-electron chi connectivity index (χ3n) is 23.2. The number of fused-ring (bicyclic) bond motifs is 6. The first-order chi connectivity index (χ1) is 43.3. The minimum Gasteiger partial charge on any atom is -0.349 e. The molecule has 5 atom stereocenters. The van der Waals surface area contributed by atoms with Crippen molar-refractivity contribution < 1.29 is 31.6 Å². The Morgan fingerprint density at radius 2 is 0.945 bits per heavy atom. The van der Waals surface area contributed by atoms with Crippen LogP contribution >= 0.6 is 0 Å². The highest BCUT2D eigenvalue weighted by Crippen LogP contribution is 2.52. The lowest BCUT2D eigenvalue weighted by Gasteiger charge is -2.48. The molecule has 14 heteroatoms. The monoisotopic (exact) mass is 1250 g/mol. The number of carbonyl (C=O) groups is 6. The van der Waals surface area contributed by atoms with E-state index in [0.29, 0.717) is 43.2 Å². The highest BCUT2D eigenvalue weighted by atomic mass is 16.2. The molecule has 6 saturated heterocycles. The zero-order valence-corrected chi connectivity index (χ0v) is 57.7. The van der Waals surface area contributed by atoms with Gasteiger partial charge in [-0.2, -0.15) is 0 Å². The summed E-state index contributed by atoms with van der Waals surface area (Å²) in [6.07, 6.45) is 20.1. The summed E-state index contributed by atoms with van der Waals surface area (Å²) in [6, 6.07) is 26.3. The summed E-state index contributed by atoms with van der Waals surface area (Å²) in [7, 11) is 1.78. The zero-order chi connectivity index (χ0) is 64.9. The first kappa shape index (κ1) is 68.4. The van der Waals surface area contributed by atoms with Crippen molar-refractivity contribution in [2.24, 2.45) is 28.6 Å². The van der Waals surface area contributed by atoms with Gasteiger partial charge in [-0.05, 0) is 234 Å². The third-order valence-corrected chi connectivity index (χ3v) is 23.2. The zero-order valence-electron chi connectivity index (χ0n) is 57.7. The summed E-state index contributed by atoms with van der Waals surface area (Å²) >= 11 is 0. The van der Waals surface area contributed by atoms with Crippen LogP contribution in [0.2, 0.25) is 0 Å². The Kier molecular flexibility index (Phi) is 21.8. The maximum absolute atomic E-state index is 13.2. The Balaban J connectivity index is 0.000000178. The van der Waals surface area contributed by atoms with Gasteiger partial charge in [-0.3, -0.25) is 33.7 Å². The van der Waals surface area contributed by atoms with Crippen LogP contribution in [0.15, 0.2) is 72.8 Å². The van der Waals surface area contributed by atoms with Gasteiger partial charge in [-0.1, -0.05) is 128 Å². The summed E-state index contributed by atoms with van der Waals surface area (Å²) in [5.74, 6) is 0.779. The largest absolute Gasteiger partial charge is 0.349 e. The van der Waals surface area contributed by atoms with Crippen LogP contribution in [0.3, 0.4) is 0 Å². The Morgan fingerprint density at radius 3 is 1.37 bits per heavy atom. The van der Waals surface area contributed by atoms with Gasteiger partial charge < -0.3 is 35.1 Å². The van der Waals surface area contributed by atoms with Gasteiger partial charge in [-0.25, -0.2) is 0 Å². The maximum Gasteiger partial charge on any atom is 0.230 e. The average molecular weight is 1250 g/mol. The summed E-state index contributed by atoms with van der Waals surface area (Å²) in [4.78, 5) is 87.3. The van der Waals surface area contributed by atoms with Gasteiger partial charge in [0.2, 0.25) is 35.4 Å². The Bertz CT molecular complexity index is 3020. The standard InChI is InChI=1S/C28H43N3O2.C26H39N3O2.C23H32N2O2.2H2/c1-21(32)31-16-7-8-22(20-31)26(33)29-25-11-12-28(24-10-6-5-9-23(24)25)14-18-30(19-15-28)17-13-27(2,3)4;1-25(2,3)11-14-29-15-12-26(13-16-29)10-9-22(20-7-5-6-8-21(20)26)27-24(31)19-17-23(30)28(4)18-19;1-17(2)10-14-24-15-12-23(13-16-24)11-9-20(18-5-3-4-6-19(18)23)25-21(26)7-8-22(25)27;;/h5-6,9-10,22,25H,7-8,11-20H2,1-4H3,(H,29,33);5-8,19,22H,9-18H2,1-4H3,(H,27,31);3-6,17,20H,7-16H2,1-2H3;2*1H/t22?,25-;19?,22-;20-;;/m100../s1. The molecule has 0 aromatic heterocycles. The second kappa shape index (κ2) is 29.1. The molecule has 6 amide bonds. The smallest absolute Gasteiger partial charge is 0.230 e. The van der Waals surface area contributed by atoms with E-state index in [2.05, 4.69) is 154 Å². The predicted octanol–water partition coefficient (Wildman–Crippen LogP) is 13.1. The number of nitrogens with zero attached hydrogens (tertiary/aromatic N) is 6. The molecule has 6 fully saturated rings. The lowest BCUT2D eigenvalue weighted by molar-refractivity contribution is -0.142. The first-order valence-electron chi connectivity index (χ1n) is 35.7. The number of piperidine rings is 4. The van der Waals surface area contributed by atoms with E-state index >= 15 is 0 Å². The lowest BCUT2D eigenvalue weighted by atomic mass is 9.63. The van der Waals surface area contributed by atoms with E-state index in [4.69, 9.17) is 0 Å². The molecule has 12 rings (SSSR count). The van der Waals surface area contributed by atoms with E-state index in [0.717, 1.165) is 90.0 Å². The molecule has 2 N–H and O–H groups in total. The van der Waals surface area contributed by atoms with Crippen LogP contribution < -0.4 is 10.6 Å². The molecule has 502 valence electrons. The minimum atomic E-state index is -0.216. The van der Waals surface area contributed by atoms with Crippen LogP contribution in [0.4, 0.5) is 0 Å². The summed E-state index contributed by atoms with van der Waals surface area (Å²) in [6.45, 7) is 32.6. The van der Waals surface area contributed by atoms with E-state index in [-0.39, 0.29) is 84.5 Å². The highest BCUT2D eigenvalue weighted by Gasteiger charge is 2.48. The van der Waals surface area contributed by atoms with E-state index in [9.17, 15) is 28.8 Å². The molecular weight excluding hydrogens is 1130 g/mol.